The molecule has 0 saturated carbocycles. The average molecular weight is 421 g/mol. The number of hydrogen-bond acceptors (Lipinski definition) is 4. The minimum atomic E-state index is -0.273. The van der Waals surface area contributed by atoms with Gasteiger partial charge in [-0.3, -0.25) is 4.79 Å². The van der Waals surface area contributed by atoms with Crippen LogP contribution in [0, 0.1) is 0 Å². The highest BCUT2D eigenvalue weighted by atomic mass is 16.2. The van der Waals surface area contributed by atoms with Gasteiger partial charge in [0.2, 0.25) is 5.91 Å². The first-order valence-electron chi connectivity index (χ1n) is 10.5. The molecular formula is C23H28N6O2. The van der Waals surface area contributed by atoms with Crippen molar-refractivity contribution in [1.82, 2.24) is 19.8 Å². The van der Waals surface area contributed by atoms with Crippen molar-refractivity contribution in [3.05, 3.63) is 54.4 Å². The third-order valence-electron chi connectivity index (χ3n) is 5.53. The van der Waals surface area contributed by atoms with E-state index in [1.165, 1.54) is 12.8 Å². The zero-order chi connectivity index (χ0) is 21.8. The van der Waals surface area contributed by atoms with Crippen molar-refractivity contribution in [3.63, 3.8) is 0 Å². The Morgan fingerprint density at radius 2 is 1.90 bits per heavy atom. The molecule has 8 heteroatoms. The summed E-state index contributed by atoms with van der Waals surface area (Å²) in [6.07, 6.45) is 6.14. The molecule has 1 fully saturated rings. The molecule has 0 radical (unpaired) electrons. The molecule has 0 unspecified atom stereocenters. The quantitative estimate of drug-likeness (QED) is 0.642. The number of anilines is 2. The second-order valence-corrected chi connectivity index (χ2v) is 8.03. The van der Waals surface area contributed by atoms with Gasteiger partial charge < -0.3 is 25.0 Å². The molecule has 2 N–H and O–H groups in total. The van der Waals surface area contributed by atoms with Crippen LogP contribution in [0.2, 0.25) is 0 Å². The average Bonchev–Trinajstić information content (AvgIpc) is 3.43. The Bertz CT molecular complexity index is 1070. The van der Waals surface area contributed by atoms with E-state index in [1.807, 2.05) is 53.4 Å². The summed E-state index contributed by atoms with van der Waals surface area (Å²) < 4.78 is 1.90. The Morgan fingerprint density at radius 3 is 2.61 bits per heavy atom. The molecule has 2 aromatic heterocycles. The number of hydrogen-bond donors (Lipinski definition) is 2. The summed E-state index contributed by atoms with van der Waals surface area (Å²) in [7, 11) is 3.49. The van der Waals surface area contributed by atoms with Crippen LogP contribution in [0.4, 0.5) is 16.3 Å². The SMILES string of the molecule is CN(C)C(=O)Cn1ccc2cc(NC(=O)NCc3ccc(N4CCCC4)nc3)ccc21. The van der Waals surface area contributed by atoms with Gasteiger partial charge >= 0.3 is 6.03 Å². The summed E-state index contributed by atoms with van der Waals surface area (Å²) in [5.74, 6) is 1.03. The molecule has 1 aliphatic rings. The zero-order valence-corrected chi connectivity index (χ0v) is 18.0. The van der Waals surface area contributed by atoms with Gasteiger partial charge in [0.1, 0.15) is 12.4 Å². The molecule has 0 aliphatic carbocycles. The van der Waals surface area contributed by atoms with Gasteiger partial charge in [-0.25, -0.2) is 9.78 Å². The first-order valence-corrected chi connectivity index (χ1v) is 10.5. The first kappa shape index (κ1) is 20.7. The number of carbonyl (C=O) groups excluding carboxylic acids is 2. The maximum atomic E-state index is 12.3. The topological polar surface area (TPSA) is 82.5 Å². The smallest absolute Gasteiger partial charge is 0.319 e. The van der Waals surface area contributed by atoms with Gasteiger partial charge in [0.05, 0.1) is 0 Å². The van der Waals surface area contributed by atoms with E-state index in [1.54, 1.807) is 19.0 Å². The molecule has 0 spiro atoms. The summed E-state index contributed by atoms with van der Waals surface area (Å²) in [6.45, 7) is 2.82. The van der Waals surface area contributed by atoms with E-state index in [0.29, 0.717) is 12.2 Å². The zero-order valence-electron chi connectivity index (χ0n) is 18.0. The maximum Gasteiger partial charge on any atom is 0.319 e. The van der Waals surface area contributed by atoms with Crippen molar-refractivity contribution in [2.75, 3.05) is 37.4 Å². The minimum Gasteiger partial charge on any atom is -0.357 e. The Morgan fingerprint density at radius 1 is 1.10 bits per heavy atom. The monoisotopic (exact) mass is 420 g/mol. The van der Waals surface area contributed by atoms with Crippen molar-refractivity contribution in [1.29, 1.82) is 0 Å². The molecule has 3 aromatic rings. The predicted molar refractivity (Wildman–Crippen MR) is 122 cm³/mol. The third kappa shape index (κ3) is 4.96. The Labute approximate surface area is 181 Å². The maximum absolute atomic E-state index is 12.3. The van der Waals surface area contributed by atoms with Crippen LogP contribution in [0.3, 0.4) is 0 Å². The van der Waals surface area contributed by atoms with E-state index in [0.717, 1.165) is 35.4 Å². The lowest BCUT2D eigenvalue weighted by molar-refractivity contribution is -0.129. The fraction of sp³-hybridized carbons (Fsp3) is 0.348. The number of aromatic nitrogens is 2. The van der Waals surface area contributed by atoms with Crippen LogP contribution in [0.15, 0.2) is 48.8 Å². The molecule has 3 amide bonds. The number of benzene rings is 1. The van der Waals surface area contributed by atoms with Crippen molar-refractivity contribution in [2.24, 2.45) is 0 Å². The largest absolute Gasteiger partial charge is 0.357 e. The highest BCUT2D eigenvalue weighted by Crippen LogP contribution is 2.21. The lowest BCUT2D eigenvalue weighted by Crippen LogP contribution is -2.28. The minimum absolute atomic E-state index is 0.0297. The molecule has 31 heavy (non-hydrogen) atoms. The van der Waals surface area contributed by atoms with Crippen molar-refractivity contribution >= 4 is 34.3 Å². The highest BCUT2D eigenvalue weighted by Gasteiger charge is 2.13. The number of rotatable bonds is 6. The van der Waals surface area contributed by atoms with Gasteiger partial charge in [-0.15, -0.1) is 0 Å². The normalized spacial score (nSPS) is 13.4. The summed E-state index contributed by atoms with van der Waals surface area (Å²) in [6, 6.07) is 11.3. The van der Waals surface area contributed by atoms with Gasteiger partial charge in [0.25, 0.3) is 0 Å². The lowest BCUT2D eigenvalue weighted by atomic mass is 10.2. The Balaban J connectivity index is 1.32. The van der Waals surface area contributed by atoms with Crippen LogP contribution >= 0.6 is 0 Å². The molecule has 8 nitrogen and oxygen atoms in total. The van der Waals surface area contributed by atoms with Gasteiger partial charge in [-0.1, -0.05) is 6.07 Å². The molecule has 4 rings (SSSR count). The molecule has 1 aromatic carbocycles. The number of nitrogens with one attached hydrogen (secondary N) is 2. The van der Waals surface area contributed by atoms with Crippen LogP contribution in [0.25, 0.3) is 10.9 Å². The second kappa shape index (κ2) is 9.07. The van der Waals surface area contributed by atoms with Gasteiger partial charge in [0, 0.05) is 62.7 Å². The number of urea groups is 1. The second-order valence-electron chi connectivity index (χ2n) is 8.03. The van der Waals surface area contributed by atoms with Crippen LogP contribution in [0.1, 0.15) is 18.4 Å². The van der Waals surface area contributed by atoms with Crippen LogP contribution < -0.4 is 15.5 Å². The summed E-state index contributed by atoms with van der Waals surface area (Å²) in [5, 5.41) is 6.70. The number of fused-ring (bicyclic) bond motifs is 1. The van der Waals surface area contributed by atoms with Gasteiger partial charge in [-0.05, 0) is 48.7 Å². The molecule has 0 bridgehead atoms. The summed E-state index contributed by atoms with van der Waals surface area (Å²) in [5.41, 5.74) is 2.60. The molecule has 1 aliphatic heterocycles. The highest BCUT2D eigenvalue weighted by molar-refractivity contribution is 5.93. The fourth-order valence-corrected chi connectivity index (χ4v) is 3.72. The summed E-state index contributed by atoms with van der Waals surface area (Å²) in [4.78, 5) is 32.7. The number of nitrogens with zero attached hydrogens (tertiary/aromatic N) is 4. The van der Waals surface area contributed by atoms with Crippen molar-refractivity contribution in [3.8, 4) is 0 Å². The molecular weight excluding hydrogens is 392 g/mol. The van der Waals surface area contributed by atoms with Gasteiger partial charge in [-0.2, -0.15) is 0 Å². The van der Waals surface area contributed by atoms with Crippen molar-refractivity contribution < 1.29 is 9.59 Å². The van der Waals surface area contributed by atoms with Gasteiger partial charge in [0.15, 0.2) is 0 Å². The van der Waals surface area contributed by atoms with Crippen LogP contribution in [-0.4, -0.2) is 53.6 Å². The third-order valence-corrected chi connectivity index (χ3v) is 5.53. The van der Waals surface area contributed by atoms with E-state index in [2.05, 4.69) is 20.5 Å². The molecule has 162 valence electrons. The van der Waals surface area contributed by atoms with E-state index in [4.69, 9.17) is 0 Å². The van der Waals surface area contributed by atoms with E-state index in [-0.39, 0.29) is 18.5 Å². The van der Waals surface area contributed by atoms with Crippen LogP contribution in [0.5, 0.6) is 0 Å². The standard InChI is InChI=1S/C23H28N6O2/c1-27(2)22(30)16-29-12-9-18-13-19(6-7-20(18)29)26-23(31)25-15-17-5-8-21(24-14-17)28-10-3-4-11-28/h5-9,12-14H,3-4,10-11,15-16H2,1-2H3,(H2,25,26,31). The number of pyridine rings is 1. The lowest BCUT2D eigenvalue weighted by Gasteiger charge is -2.16. The first-order chi connectivity index (χ1) is 15.0. The number of amides is 3. The van der Waals surface area contributed by atoms with E-state index >= 15 is 0 Å². The van der Waals surface area contributed by atoms with E-state index < -0.39 is 0 Å². The number of carbonyl (C=O) groups is 2. The Kier molecular flexibility index (Phi) is 6.06. The molecule has 1 saturated heterocycles. The predicted octanol–water partition coefficient (Wildman–Crippen LogP) is 3.05. The summed E-state index contributed by atoms with van der Waals surface area (Å²) >= 11 is 0. The number of likely N-dealkylation sites (N-methyl/N-ethyl adjacent to an activating group) is 1. The molecule has 0 atom stereocenters. The van der Waals surface area contributed by atoms with Crippen LogP contribution in [-0.2, 0) is 17.9 Å². The molecule has 3 heterocycles. The Hall–Kier alpha value is -3.55. The van der Waals surface area contributed by atoms with Crippen molar-refractivity contribution in [2.45, 2.75) is 25.9 Å². The van der Waals surface area contributed by atoms with E-state index in [9.17, 15) is 9.59 Å². The fourth-order valence-electron chi connectivity index (χ4n) is 3.72.